The molecule has 0 unspecified atom stereocenters. The molecule has 1 aromatic carbocycles. The van der Waals surface area contributed by atoms with E-state index in [0.717, 1.165) is 17.5 Å². The fourth-order valence-electron chi connectivity index (χ4n) is 2.82. The van der Waals surface area contributed by atoms with Crippen LogP contribution < -0.4 is 22.6 Å². The van der Waals surface area contributed by atoms with Gasteiger partial charge in [-0.25, -0.2) is 11.0 Å². The lowest BCUT2D eigenvalue weighted by Gasteiger charge is -2.11. The smallest absolute Gasteiger partial charge is 0.259 e. The molecule has 0 saturated heterocycles. The van der Waals surface area contributed by atoms with Gasteiger partial charge in [-0.2, -0.15) is 19.5 Å². The maximum absolute atomic E-state index is 6.00. The number of nitrogens with zero attached hydrogens (tertiary/aromatic N) is 7. The number of aromatic nitrogens is 5. The molecule has 0 aliphatic heterocycles. The molecular weight excluding hydrogens is 398 g/mol. The number of benzene rings is 1. The van der Waals surface area contributed by atoms with Gasteiger partial charge >= 0.3 is 0 Å². The van der Waals surface area contributed by atoms with Crippen LogP contribution in [0.3, 0.4) is 0 Å². The number of anilines is 2. The summed E-state index contributed by atoms with van der Waals surface area (Å²) in [4.78, 5) is 13.0. The largest absolute Gasteiger partial charge is 0.461 e. The summed E-state index contributed by atoms with van der Waals surface area (Å²) in [6.07, 6.45) is 2.29. The summed E-state index contributed by atoms with van der Waals surface area (Å²) in [5, 5.41) is 12.8. The number of nitrogens with one attached hydrogen (secondary N) is 1. The zero-order valence-electron chi connectivity index (χ0n) is 16.9. The monoisotopic (exact) mass is 421 g/mol. The number of nitrogens with two attached hydrogens (primary N) is 3. The van der Waals surface area contributed by atoms with Gasteiger partial charge in [0.25, 0.3) is 5.78 Å². The highest BCUT2D eigenvalue weighted by Crippen LogP contribution is 2.17. The van der Waals surface area contributed by atoms with E-state index in [4.69, 9.17) is 21.7 Å². The molecule has 4 aromatic rings. The zero-order chi connectivity index (χ0) is 21.8. The highest BCUT2D eigenvalue weighted by Gasteiger charge is 2.13. The Morgan fingerprint density at radius 1 is 1.19 bits per heavy atom. The summed E-state index contributed by atoms with van der Waals surface area (Å²) in [6, 6.07) is 11.3. The molecule has 0 bridgehead atoms. The topological polar surface area (TPSA) is 175 Å². The van der Waals surface area contributed by atoms with Gasteiger partial charge in [-0.05, 0) is 31.0 Å². The molecule has 0 aliphatic carbocycles. The van der Waals surface area contributed by atoms with Crippen molar-refractivity contribution in [1.82, 2.24) is 29.7 Å². The molecule has 3 heterocycles. The van der Waals surface area contributed by atoms with E-state index in [9.17, 15) is 0 Å². The Morgan fingerprint density at radius 2 is 2.00 bits per heavy atom. The van der Waals surface area contributed by atoms with Gasteiger partial charge in [0.2, 0.25) is 17.7 Å². The van der Waals surface area contributed by atoms with Crippen molar-refractivity contribution < 1.29 is 4.42 Å². The molecule has 0 atom stereocenters. The first-order chi connectivity index (χ1) is 15.0. The molecule has 0 radical (unpaired) electrons. The number of nitrogen functional groups attached to an aromatic ring is 1. The molecule has 0 saturated carbocycles. The van der Waals surface area contributed by atoms with Crippen LogP contribution in [-0.2, 0) is 6.42 Å². The molecule has 12 nitrogen and oxygen atoms in total. The summed E-state index contributed by atoms with van der Waals surface area (Å²) < 4.78 is 6.68. The van der Waals surface area contributed by atoms with E-state index in [2.05, 4.69) is 30.5 Å². The van der Waals surface area contributed by atoms with Crippen LogP contribution in [0.25, 0.3) is 17.4 Å². The minimum Gasteiger partial charge on any atom is -0.461 e. The molecule has 12 heteroatoms. The number of rotatable bonds is 8. The zero-order valence-corrected chi connectivity index (χ0v) is 16.9. The number of hydrazine groups is 1. The van der Waals surface area contributed by atoms with Crippen molar-refractivity contribution in [3.63, 3.8) is 0 Å². The Bertz CT molecular complexity index is 1180. The van der Waals surface area contributed by atoms with Crippen molar-refractivity contribution in [2.24, 2.45) is 16.7 Å². The van der Waals surface area contributed by atoms with Crippen LogP contribution >= 0.6 is 0 Å². The number of furan rings is 1. The van der Waals surface area contributed by atoms with Gasteiger partial charge in [0, 0.05) is 12.1 Å². The maximum Gasteiger partial charge on any atom is 0.259 e. The molecule has 31 heavy (non-hydrogen) atoms. The number of hydrogen-bond donors (Lipinski definition) is 4. The minimum absolute atomic E-state index is 0.179. The van der Waals surface area contributed by atoms with Crippen LogP contribution in [0.4, 0.5) is 11.9 Å². The van der Waals surface area contributed by atoms with E-state index >= 15 is 0 Å². The third-order valence-corrected chi connectivity index (χ3v) is 4.48. The molecule has 7 N–H and O–H groups in total. The molecule has 0 fully saturated rings. The van der Waals surface area contributed by atoms with E-state index < -0.39 is 0 Å². The second kappa shape index (κ2) is 8.67. The van der Waals surface area contributed by atoms with Crippen LogP contribution in [0.5, 0.6) is 0 Å². The van der Waals surface area contributed by atoms with E-state index in [1.807, 2.05) is 31.2 Å². The SMILES string of the molecule is CCN(N)/N=C(\N)c1ccc(CCNc2nc(N)n3nc(-c4ccco4)nc3n2)cc1. The summed E-state index contributed by atoms with van der Waals surface area (Å²) in [7, 11) is 0. The third kappa shape index (κ3) is 4.53. The lowest BCUT2D eigenvalue weighted by atomic mass is 10.1. The Morgan fingerprint density at radius 3 is 2.71 bits per heavy atom. The second-order valence-electron chi connectivity index (χ2n) is 6.64. The first-order valence-corrected chi connectivity index (χ1v) is 9.67. The van der Waals surface area contributed by atoms with Crippen molar-refractivity contribution >= 4 is 23.5 Å². The van der Waals surface area contributed by atoms with E-state index in [1.165, 1.54) is 9.63 Å². The Hall–Kier alpha value is -4.19. The van der Waals surface area contributed by atoms with Crippen molar-refractivity contribution in [2.45, 2.75) is 13.3 Å². The van der Waals surface area contributed by atoms with Crippen LogP contribution in [-0.4, -0.2) is 48.6 Å². The first-order valence-electron chi connectivity index (χ1n) is 9.67. The summed E-state index contributed by atoms with van der Waals surface area (Å²) >= 11 is 0. The molecule has 0 aliphatic rings. The lowest BCUT2D eigenvalue weighted by molar-refractivity contribution is 0.316. The summed E-state index contributed by atoms with van der Waals surface area (Å²) in [6.45, 7) is 3.06. The summed E-state index contributed by atoms with van der Waals surface area (Å²) in [5.41, 5.74) is 13.9. The van der Waals surface area contributed by atoms with Crippen LogP contribution in [0.15, 0.2) is 52.2 Å². The van der Waals surface area contributed by atoms with Gasteiger partial charge < -0.3 is 21.2 Å². The predicted molar refractivity (Wildman–Crippen MR) is 117 cm³/mol. The van der Waals surface area contributed by atoms with Gasteiger partial charge in [-0.15, -0.1) is 10.2 Å². The van der Waals surface area contributed by atoms with Crippen molar-refractivity contribution in [3.8, 4) is 11.6 Å². The van der Waals surface area contributed by atoms with Gasteiger partial charge in [-0.1, -0.05) is 24.3 Å². The van der Waals surface area contributed by atoms with E-state index in [0.29, 0.717) is 42.2 Å². The fraction of sp³-hybridized carbons (Fsp3) is 0.211. The number of fused-ring (bicyclic) bond motifs is 1. The first kappa shape index (κ1) is 20.1. The quantitative estimate of drug-likeness (QED) is 0.138. The normalized spacial score (nSPS) is 11.7. The average Bonchev–Trinajstić information content (AvgIpc) is 3.44. The molecular formula is C19H23N11O. The van der Waals surface area contributed by atoms with E-state index in [1.54, 1.807) is 18.4 Å². The van der Waals surface area contributed by atoms with Crippen LogP contribution in [0.2, 0.25) is 0 Å². The van der Waals surface area contributed by atoms with Crippen LogP contribution in [0, 0.1) is 0 Å². The van der Waals surface area contributed by atoms with Crippen molar-refractivity contribution in [2.75, 3.05) is 24.1 Å². The number of hydrogen-bond acceptors (Lipinski definition) is 10. The van der Waals surface area contributed by atoms with Crippen LogP contribution in [0.1, 0.15) is 18.1 Å². The number of hydrazone groups is 1. The van der Waals surface area contributed by atoms with Gasteiger partial charge in [0.05, 0.1) is 12.8 Å². The van der Waals surface area contributed by atoms with Gasteiger partial charge in [0.1, 0.15) is 0 Å². The highest BCUT2D eigenvalue weighted by atomic mass is 16.3. The average molecular weight is 421 g/mol. The lowest BCUT2D eigenvalue weighted by Crippen LogP contribution is -2.29. The fourth-order valence-corrected chi connectivity index (χ4v) is 2.82. The Kier molecular flexibility index (Phi) is 5.62. The Labute approximate surface area is 177 Å². The minimum atomic E-state index is 0.179. The molecule has 0 amide bonds. The maximum atomic E-state index is 6.00. The van der Waals surface area contributed by atoms with Crippen molar-refractivity contribution in [3.05, 3.63) is 53.8 Å². The van der Waals surface area contributed by atoms with Gasteiger partial charge in [-0.3, -0.25) is 0 Å². The summed E-state index contributed by atoms with van der Waals surface area (Å²) in [5.74, 6) is 7.83. The molecule has 4 rings (SSSR count). The molecule has 160 valence electrons. The molecule has 3 aromatic heterocycles. The standard InChI is InChI=1S/C19H23N11O/c1-2-29(22)27-15(20)13-7-5-12(6-8-13)9-10-23-18-25-17(21)30-19(26-18)24-16(28-30)14-4-3-11-31-14/h3-8,11H,2,9-10,22H2,1H3,(H2,20,27)(H3,21,23,24,25,26,28). The number of amidine groups is 1. The van der Waals surface area contributed by atoms with Crippen molar-refractivity contribution in [1.29, 1.82) is 0 Å². The highest BCUT2D eigenvalue weighted by molar-refractivity contribution is 5.97. The van der Waals surface area contributed by atoms with E-state index in [-0.39, 0.29) is 5.95 Å². The Balaban J connectivity index is 1.40. The van der Waals surface area contributed by atoms with Gasteiger partial charge in [0.15, 0.2) is 11.6 Å². The predicted octanol–water partition coefficient (Wildman–Crippen LogP) is 0.832. The molecule has 0 spiro atoms. The third-order valence-electron chi connectivity index (χ3n) is 4.48. The second-order valence-corrected chi connectivity index (χ2v) is 6.64.